The predicted octanol–water partition coefficient (Wildman–Crippen LogP) is 3.36. The monoisotopic (exact) mass is 421 g/mol. The first-order valence-electron chi connectivity index (χ1n) is 10.3. The molecule has 0 aromatic carbocycles. The van der Waals surface area contributed by atoms with Gasteiger partial charge in [0.1, 0.15) is 17.4 Å². The van der Waals surface area contributed by atoms with Crippen LogP contribution in [-0.2, 0) is 22.6 Å². The zero-order chi connectivity index (χ0) is 22.0. The highest BCUT2D eigenvalue weighted by Crippen LogP contribution is 2.25. The molecule has 0 aliphatic carbocycles. The van der Waals surface area contributed by atoms with Gasteiger partial charge in [-0.15, -0.1) is 0 Å². The first kappa shape index (κ1) is 20.8. The average molecular weight is 421 g/mol. The van der Waals surface area contributed by atoms with E-state index < -0.39 is 5.82 Å². The number of pyridine rings is 2. The minimum atomic E-state index is -0.451. The van der Waals surface area contributed by atoms with Crippen LogP contribution in [0.25, 0.3) is 11.1 Å². The van der Waals surface area contributed by atoms with Crippen molar-refractivity contribution in [3.63, 3.8) is 0 Å². The first-order valence-corrected chi connectivity index (χ1v) is 10.3. The fourth-order valence-corrected chi connectivity index (χ4v) is 3.84. The molecule has 4 rings (SSSR count). The van der Waals surface area contributed by atoms with Crippen LogP contribution in [0, 0.1) is 18.7 Å². The highest BCUT2D eigenvalue weighted by molar-refractivity contribution is 5.95. The largest absolute Gasteiger partial charge is 0.299 e. The zero-order valence-electron chi connectivity index (χ0n) is 17.6. The van der Waals surface area contributed by atoms with E-state index in [1.807, 2.05) is 17.7 Å². The van der Waals surface area contributed by atoms with E-state index in [1.165, 1.54) is 12.3 Å². The molecule has 0 saturated carbocycles. The number of amides is 1. The van der Waals surface area contributed by atoms with E-state index >= 15 is 0 Å². The van der Waals surface area contributed by atoms with Crippen LogP contribution in [0.3, 0.4) is 0 Å². The van der Waals surface area contributed by atoms with Crippen LogP contribution < -0.4 is 4.90 Å². The SMILES string of the molecule is Cc1cc2n(n1)CC(C)CN2C(=O)CCC(=O)Cc1cc(F)c(-c2cccnc2)cn1. The molecule has 160 valence electrons. The minimum Gasteiger partial charge on any atom is -0.299 e. The summed E-state index contributed by atoms with van der Waals surface area (Å²) in [5.41, 5.74) is 2.18. The predicted molar refractivity (Wildman–Crippen MR) is 114 cm³/mol. The molecule has 3 aromatic rings. The normalized spacial score (nSPS) is 15.6. The van der Waals surface area contributed by atoms with Crippen molar-refractivity contribution in [3.8, 4) is 11.1 Å². The summed E-state index contributed by atoms with van der Waals surface area (Å²) >= 11 is 0. The molecule has 7 nitrogen and oxygen atoms in total. The summed E-state index contributed by atoms with van der Waals surface area (Å²) in [5.74, 6) is 0.365. The molecule has 0 radical (unpaired) electrons. The Morgan fingerprint density at radius 2 is 2.03 bits per heavy atom. The summed E-state index contributed by atoms with van der Waals surface area (Å²) in [6.07, 6.45) is 4.77. The van der Waals surface area contributed by atoms with Gasteiger partial charge in [-0.25, -0.2) is 9.07 Å². The second kappa shape index (κ2) is 8.75. The van der Waals surface area contributed by atoms with Crippen LogP contribution in [0.15, 0.2) is 42.9 Å². The highest BCUT2D eigenvalue weighted by atomic mass is 19.1. The first-order chi connectivity index (χ1) is 14.9. The van der Waals surface area contributed by atoms with Gasteiger partial charge in [0.2, 0.25) is 5.91 Å². The van der Waals surface area contributed by atoms with Gasteiger partial charge < -0.3 is 0 Å². The Labute approximate surface area is 179 Å². The smallest absolute Gasteiger partial charge is 0.228 e. The number of anilines is 1. The Bertz CT molecular complexity index is 1110. The number of aryl methyl sites for hydroxylation is 1. The molecule has 0 N–H and O–H groups in total. The van der Waals surface area contributed by atoms with Crippen molar-refractivity contribution >= 4 is 17.5 Å². The Hall–Kier alpha value is -3.42. The van der Waals surface area contributed by atoms with Gasteiger partial charge in [-0.05, 0) is 25.0 Å². The molecule has 0 fully saturated rings. The standard InChI is InChI=1S/C23H24FN5O2/c1-15-13-28(22-8-16(2)27-29(22)14-15)23(31)6-5-19(30)9-18-10-21(24)20(12-26-18)17-4-3-7-25-11-17/h3-4,7-8,10-12,15H,5-6,9,13-14H2,1-2H3. The Kier molecular flexibility index (Phi) is 5.88. The lowest BCUT2D eigenvalue weighted by molar-refractivity contribution is -0.123. The van der Waals surface area contributed by atoms with Crippen molar-refractivity contribution in [3.05, 3.63) is 60.1 Å². The average Bonchev–Trinajstić information content (AvgIpc) is 3.12. The number of ketones is 1. The minimum absolute atomic E-state index is 0.00897. The quantitative estimate of drug-likeness (QED) is 0.610. The summed E-state index contributed by atoms with van der Waals surface area (Å²) in [6, 6.07) is 6.64. The number of Topliss-reactive ketones (excluding diaryl/α,β-unsaturated/α-hetero) is 1. The van der Waals surface area contributed by atoms with Gasteiger partial charge in [0.25, 0.3) is 0 Å². The fourth-order valence-electron chi connectivity index (χ4n) is 3.84. The third-order valence-electron chi connectivity index (χ3n) is 5.32. The van der Waals surface area contributed by atoms with E-state index in [4.69, 9.17) is 0 Å². The fraction of sp³-hybridized carbons (Fsp3) is 0.348. The van der Waals surface area contributed by atoms with E-state index in [2.05, 4.69) is 22.0 Å². The maximum Gasteiger partial charge on any atom is 0.228 e. The molecule has 1 atom stereocenters. The molecule has 1 amide bonds. The second-order valence-electron chi connectivity index (χ2n) is 8.05. The molecule has 0 spiro atoms. The molecule has 0 bridgehead atoms. The van der Waals surface area contributed by atoms with Crippen LogP contribution in [-0.4, -0.2) is 38.0 Å². The van der Waals surface area contributed by atoms with Crippen LogP contribution in [0.5, 0.6) is 0 Å². The highest BCUT2D eigenvalue weighted by Gasteiger charge is 2.27. The van der Waals surface area contributed by atoms with Crippen molar-refractivity contribution in [1.29, 1.82) is 0 Å². The summed E-state index contributed by atoms with van der Waals surface area (Å²) in [5, 5.41) is 4.43. The molecule has 3 aromatic heterocycles. The van der Waals surface area contributed by atoms with Crippen molar-refractivity contribution in [1.82, 2.24) is 19.7 Å². The molecule has 1 aliphatic heterocycles. The molecule has 4 heterocycles. The lowest BCUT2D eigenvalue weighted by Gasteiger charge is -2.31. The van der Waals surface area contributed by atoms with Crippen LogP contribution in [0.2, 0.25) is 0 Å². The van der Waals surface area contributed by atoms with E-state index in [0.717, 1.165) is 18.1 Å². The summed E-state index contributed by atoms with van der Waals surface area (Å²) < 4.78 is 16.3. The number of fused-ring (bicyclic) bond motifs is 1. The number of halogens is 1. The third kappa shape index (κ3) is 4.68. The van der Waals surface area contributed by atoms with Crippen molar-refractivity contribution < 1.29 is 14.0 Å². The van der Waals surface area contributed by atoms with Crippen LogP contribution in [0.1, 0.15) is 31.2 Å². The molecular weight excluding hydrogens is 397 g/mol. The summed E-state index contributed by atoms with van der Waals surface area (Å²) in [4.78, 5) is 35.1. The summed E-state index contributed by atoms with van der Waals surface area (Å²) in [7, 11) is 0. The van der Waals surface area contributed by atoms with Crippen molar-refractivity contribution in [2.45, 2.75) is 39.7 Å². The maximum absolute atomic E-state index is 14.5. The lowest BCUT2D eigenvalue weighted by Crippen LogP contribution is -2.41. The van der Waals surface area contributed by atoms with Gasteiger partial charge >= 0.3 is 0 Å². The van der Waals surface area contributed by atoms with Crippen molar-refractivity contribution in [2.75, 3.05) is 11.4 Å². The molecule has 8 heteroatoms. The number of hydrogen-bond donors (Lipinski definition) is 0. The van der Waals surface area contributed by atoms with Crippen LogP contribution >= 0.6 is 0 Å². The Morgan fingerprint density at radius 3 is 2.77 bits per heavy atom. The van der Waals surface area contributed by atoms with Crippen LogP contribution in [0.4, 0.5) is 10.2 Å². The van der Waals surface area contributed by atoms with Gasteiger partial charge in [-0.2, -0.15) is 5.10 Å². The third-order valence-corrected chi connectivity index (χ3v) is 5.32. The van der Waals surface area contributed by atoms with Crippen molar-refractivity contribution in [2.24, 2.45) is 5.92 Å². The number of carbonyl (C=O) groups excluding carboxylic acids is 2. The Morgan fingerprint density at radius 1 is 1.19 bits per heavy atom. The van der Waals surface area contributed by atoms with E-state index in [1.54, 1.807) is 29.4 Å². The van der Waals surface area contributed by atoms with Gasteiger partial charge in [0.15, 0.2) is 0 Å². The number of rotatable bonds is 6. The zero-order valence-corrected chi connectivity index (χ0v) is 17.6. The van der Waals surface area contributed by atoms with Gasteiger partial charge in [-0.1, -0.05) is 13.0 Å². The lowest BCUT2D eigenvalue weighted by atomic mass is 10.1. The number of nitrogens with zero attached hydrogens (tertiary/aromatic N) is 5. The van der Waals surface area contributed by atoms with E-state index in [9.17, 15) is 14.0 Å². The number of aromatic nitrogens is 4. The molecule has 1 unspecified atom stereocenters. The second-order valence-corrected chi connectivity index (χ2v) is 8.05. The molecule has 1 aliphatic rings. The van der Waals surface area contributed by atoms with E-state index in [-0.39, 0.29) is 36.9 Å². The van der Waals surface area contributed by atoms with Gasteiger partial charge in [0.05, 0.1) is 11.4 Å². The number of carbonyl (C=O) groups is 2. The molecular formula is C23H24FN5O2. The summed E-state index contributed by atoms with van der Waals surface area (Å²) in [6.45, 7) is 5.35. The van der Waals surface area contributed by atoms with Gasteiger partial charge in [0, 0.05) is 68.1 Å². The topological polar surface area (TPSA) is 81.0 Å². The van der Waals surface area contributed by atoms with Gasteiger partial charge in [-0.3, -0.25) is 24.5 Å². The maximum atomic E-state index is 14.5. The molecule has 31 heavy (non-hydrogen) atoms. The number of hydrogen-bond acceptors (Lipinski definition) is 5. The molecule has 0 saturated heterocycles. The van der Waals surface area contributed by atoms with E-state index in [0.29, 0.717) is 23.4 Å². The Balaban J connectivity index is 1.36.